The van der Waals surface area contributed by atoms with Crippen molar-refractivity contribution in [2.45, 2.75) is 55.1 Å². The van der Waals surface area contributed by atoms with Crippen LogP contribution in [-0.2, 0) is 25.5 Å². The van der Waals surface area contributed by atoms with Gasteiger partial charge in [-0.25, -0.2) is 18.4 Å². The Morgan fingerprint density at radius 2 is 1.80 bits per heavy atom. The highest BCUT2D eigenvalue weighted by atomic mass is 32.2. The number of amides is 1. The van der Waals surface area contributed by atoms with Crippen molar-refractivity contribution in [2.75, 3.05) is 43.6 Å². The predicted molar refractivity (Wildman–Crippen MR) is 160 cm³/mol. The van der Waals surface area contributed by atoms with Gasteiger partial charge in [0.15, 0.2) is 9.84 Å². The van der Waals surface area contributed by atoms with Gasteiger partial charge in [0.25, 0.3) is 5.91 Å². The molecule has 2 fully saturated rings. The Balaban J connectivity index is 1.26. The largest absolute Gasteiger partial charge is 0.489 e. The quantitative estimate of drug-likeness (QED) is 0.295. The summed E-state index contributed by atoms with van der Waals surface area (Å²) < 4.78 is 80.6. The van der Waals surface area contributed by atoms with Crippen LogP contribution >= 0.6 is 0 Å². The fraction of sp³-hybridized carbons (Fsp3) is 0.452. The van der Waals surface area contributed by atoms with Crippen molar-refractivity contribution in [3.8, 4) is 5.75 Å². The van der Waals surface area contributed by atoms with E-state index in [-0.39, 0.29) is 34.5 Å². The summed E-state index contributed by atoms with van der Waals surface area (Å²) in [6.45, 7) is 2.89. The molecule has 2 N–H and O–H groups in total. The average Bonchev–Trinajstić information content (AvgIpc) is 3.72. The summed E-state index contributed by atoms with van der Waals surface area (Å²) in [5.74, 6) is 0.0344. The Morgan fingerprint density at radius 1 is 1.11 bits per heavy atom. The summed E-state index contributed by atoms with van der Waals surface area (Å²) in [5.41, 5.74) is -0.101. The molecule has 11 nitrogen and oxygen atoms in total. The van der Waals surface area contributed by atoms with E-state index in [9.17, 15) is 31.5 Å². The molecule has 0 bridgehead atoms. The van der Waals surface area contributed by atoms with Crippen LogP contribution in [0.15, 0.2) is 65.8 Å². The normalized spacial score (nSPS) is 20.9. The fourth-order valence-electron chi connectivity index (χ4n) is 5.31. The number of aromatic nitrogens is 2. The van der Waals surface area contributed by atoms with Crippen molar-refractivity contribution in [1.82, 2.24) is 15.3 Å². The van der Waals surface area contributed by atoms with Gasteiger partial charge in [-0.2, -0.15) is 13.2 Å². The number of halogens is 3. The number of benzene rings is 2. The van der Waals surface area contributed by atoms with Crippen LogP contribution in [0.5, 0.6) is 5.75 Å². The molecule has 0 aliphatic carbocycles. The van der Waals surface area contributed by atoms with E-state index in [1.54, 1.807) is 19.1 Å². The summed E-state index contributed by atoms with van der Waals surface area (Å²) in [6, 6.07) is 9.48. The van der Waals surface area contributed by atoms with Crippen molar-refractivity contribution < 1.29 is 45.7 Å². The van der Waals surface area contributed by atoms with Crippen molar-refractivity contribution in [2.24, 2.45) is 0 Å². The van der Waals surface area contributed by atoms with Gasteiger partial charge in [0.1, 0.15) is 11.9 Å². The highest BCUT2D eigenvalue weighted by Gasteiger charge is 2.37. The van der Waals surface area contributed by atoms with Crippen molar-refractivity contribution in [3.63, 3.8) is 0 Å². The van der Waals surface area contributed by atoms with Crippen LogP contribution in [0.4, 0.5) is 19.1 Å². The number of hydrogen-bond acceptors (Lipinski definition) is 10. The number of nitrogens with zero attached hydrogens (tertiary/aromatic N) is 3. The first-order chi connectivity index (χ1) is 22.0. The minimum atomic E-state index is -4.44. The van der Waals surface area contributed by atoms with Crippen LogP contribution in [-0.4, -0.2) is 86.4 Å². The Bertz CT molecular complexity index is 1570. The van der Waals surface area contributed by atoms with Crippen molar-refractivity contribution >= 4 is 21.7 Å². The van der Waals surface area contributed by atoms with Gasteiger partial charge in [0.05, 0.1) is 66.3 Å². The lowest BCUT2D eigenvalue weighted by atomic mass is 10.1. The minimum absolute atomic E-state index is 0.0456. The molecule has 2 aromatic carbocycles. The van der Waals surface area contributed by atoms with Crippen LogP contribution in [0.25, 0.3) is 0 Å². The topological polar surface area (TPSA) is 140 Å². The number of aliphatic hydroxyl groups is 1. The fourth-order valence-corrected chi connectivity index (χ4v) is 6.19. The third-order valence-electron chi connectivity index (χ3n) is 7.94. The number of aliphatic hydroxyl groups excluding tert-OH is 1. The standard InChI is InChI=1S/C31H35F3N4O7S/c1-2-46(41,42)27-9-3-20(4-10-27)28(17-39)37-29(40)21-14-35-30(36-15-21)38-16-26(13-23(38)18-44-25-11-12-43-19-25)45-24-7-5-22(6-8-24)31(32,33)34/h3-10,14-15,23,25-26,28,39H,2,11-13,16-19H2,1H3,(H,37,40)/t23-,25?,26+,28-/m0/s1. The third-order valence-corrected chi connectivity index (χ3v) is 9.69. The predicted octanol–water partition coefficient (Wildman–Crippen LogP) is 3.58. The first-order valence-electron chi connectivity index (χ1n) is 14.8. The second-order valence-electron chi connectivity index (χ2n) is 11.1. The molecule has 15 heteroatoms. The monoisotopic (exact) mass is 664 g/mol. The van der Waals surface area contributed by atoms with E-state index in [1.165, 1.54) is 36.7 Å². The van der Waals surface area contributed by atoms with Gasteiger partial charge >= 0.3 is 6.18 Å². The van der Waals surface area contributed by atoms with Gasteiger partial charge in [-0.1, -0.05) is 19.1 Å². The number of nitrogens with one attached hydrogen (secondary N) is 1. The number of rotatable bonds is 12. The molecule has 2 saturated heterocycles. The van der Waals surface area contributed by atoms with Gasteiger partial charge < -0.3 is 29.5 Å². The maximum absolute atomic E-state index is 13.0. The van der Waals surface area contributed by atoms with Crippen LogP contribution in [0.3, 0.4) is 0 Å². The maximum atomic E-state index is 13.0. The van der Waals surface area contributed by atoms with Crippen LogP contribution in [0.2, 0.25) is 0 Å². The molecule has 2 aliphatic rings. The summed E-state index contributed by atoms with van der Waals surface area (Å²) in [7, 11) is -3.39. The van der Waals surface area contributed by atoms with Crippen LogP contribution < -0.4 is 15.0 Å². The highest BCUT2D eigenvalue weighted by Crippen LogP contribution is 2.32. The van der Waals surface area contributed by atoms with E-state index in [4.69, 9.17) is 14.2 Å². The molecule has 0 saturated carbocycles. The Morgan fingerprint density at radius 3 is 2.39 bits per heavy atom. The Hall–Kier alpha value is -3.79. The molecule has 3 aromatic rings. The van der Waals surface area contributed by atoms with Crippen molar-refractivity contribution in [1.29, 1.82) is 0 Å². The van der Waals surface area contributed by atoms with Gasteiger partial charge in [0.2, 0.25) is 5.95 Å². The van der Waals surface area contributed by atoms with Crippen molar-refractivity contribution in [3.05, 3.63) is 77.6 Å². The second kappa shape index (κ2) is 14.3. The van der Waals surface area contributed by atoms with E-state index < -0.39 is 40.1 Å². The van der Waals surface area contributed by atoms with Crippen LogP contribution in [0, 0.1) is 0 Å². The summed E-state index contributed by atoms with van der Waals surface area (Å²) in [4.78, 5) is 23.9. The average molecular weight is 665 g/mol. The molecular weight excluding hydrogens is 629 g/mol. The lowest BCUT2D eigenvalue weighted by Crippen LogP contribution is -2.36. The molecule has 1 unspecified atom stereocenters. The smallest absolute Gasteiger partial charge is 0.416 e. The number of ether oxygens (including phenoxy) is 3. The van der Waals surface area contributed by atoms with E-state index >= 15 is 0 Å². The zero-order valence-corrected chi connectivity index (χ0v) is 25.8. The number of anilines is 1. The number of sulfone groups is 1. The molecular formula is C31H35F3N4O7S. The Kier molecular flexibility index (Phi) is 10.5. The maximum Gasteiger partial charge on any atom is 0.416 e. The summed E-state index contributed by atoms with van der Waals surface area (Å²) in [6.07, 6.45) is -0.895. The molecule has 5 rings (SSSR count). The number of carbonyl (C=O) groups excluding carboxylic acids is 1. The molecule has 4 atom stereocenters. The molecule has 1 amide bonds. The molecule has 0 radical (unpaired) electrons. The molecule has 3 heterocycles. The summed E-state index contributed by atoms with van der Waals surface area (Å²) in [5, 5.41) is 12.6. The molecule has 0 spiro atoms. The lowest BCUT2D eigenvalue weighted by molar-refractivity contribution is -0.137. The van der Waals surface area contributed by atoms with Crippen LogP contribution in [0.1, 0.15) is 47.3 Å². The van der Waals surface area contributed by atoms with E-state index in [1.807, 2.05) is 4.90 Å². The van der Waals surface area contributed by atoms with E-state index in [0.717, 1.165) is 18.6 Å². The first kappa shape index (κ1) is 33.6. The summed E-state index contributed by atoms with van der Waals surface area (Å²) >= 11 is 0. The number of hydrogen-bond donors (Lipinski definition) is 2. The molecule has 46 heavy (non-hydrogen) atoms. The van der Waals surface area contributed by atoms with E-state index in [0.29, 0.717) is 50.0 Å². The molecule has 2 aliphatic heterocycles. The second-order valence-corrected chi connectivity index (χ2v) is 13.4. The lowest BCUT2D eigenvalue weighted by Gasteiger charge is -2.25. The molecule has 248 valence electrons. The van der Waals surface area contributed by atoms with Gasteiger partial charge in [-0.3, -0.25) is 4.79 Å². The zero-order valence-electron chi connectivity index (χ0n) is 25.0. The molecule has 1 aromatic heterocycles. The van der Waals surface area contributed by atoms with Gasteiger partial charge in [-0.15, -0.1) is 0 Å². The Labute approximate surface area is 264 Å². The highest BCUT2D eigenvalue weighted by molar-refractivity contribution is 7.91. The van der Waals surface area contributed by atoms with Gasteiger partial charge in [0, 0.05) is 25.4 Å². The number of alkyl halides is 3. The minimum Gasteiger partial charge on any atom is -0.489 e. The SMILES string of the molecule is CCS(=O)(=O)c1ccc([C@H](CO)NC(=O)c2cnc(N3C[C@H](Oc4ccc(C(F)(F)F)cc4)C[C@H]3COC3CCOC3)nc2)cc1. The first-order valence-corrected chi connectivity index (χ1v) is 16.5. The third kappa shape index (κ3) is 8.13. The zero-order chi connectivity index (χ0) is 32.9. The number of carbonyl (C=O) groups is 1. The van der Waals surface area contributed by atoms with Gasteiger partial charge in [-0.05, 0) is 48.4 Å². The van der Waals surface area contributed by atoms with E-state index in [2.05, 4.69) is 15.3 Å².